The van der Waals surface area contributed by atoms with Crippen molar-refractivity contribution < 1.29 is 9.59 Å². The number of nitrogens with zero attached hydrogens (tertiary/aromatic N) is 1. The van der Waals surface area contributed by atoms with Crippen molar-refractivity contribution in [2.45, 2.75) is 6.42 Å². The average molecular weight is 314 g/mol. The van der Waals surface area contributed by atoms with Gasteiger partial charge in [-0.05, 0) is 18.2 Å². The monoisotopic (exact) mass is 313 g/mol. The molecule has 2 amide bonds. The minimum Gasteiger partial charge on any atom is -0.398 e. The first kappa shape index (κ1) is 14.5. The van der Waals surface area contributed by atoms with Gasteiger partial charge < -0.3 is 16.0 Å². The Morgan fingerprint density at radius 2 is 2.11 bits per heavy atom. The first-order chi connectivity index (χ1) is 8.45. The van der Waals surface area contributed by atoms with Crippen LogP contribution in [0.15, 0.2) is 22.7 Å². The fraction of sp³-hybridized carbons (Fsp3) is 0.333. The lowest BCUT2D eigenvalue weighted by Gasteiger charge is -2.17. The number of anilines is 1. The third kappa shape index (κ3) is 3.73. The van der Waals surface area contributed by atoms with Gasteiger partial charge >= 0.3 is 0 Å². The van der Waals surface area contributed by atoms with Crippen molar-refractivity contribution in [1.29, 1.82) is 0 Å². The van der Waals surface area contributed by atoms with Crippen LogP contribution in [0.3, 0.4) is 0 Å². The summed E-state index contributed by atoms with van der Waals surface area (Å²) in [6.07, 6.45) is 0.273. The predicted molar refractivity (Wildman–Crippen MR) is 74.2 cm³/mol. The number of carbonyl (C=O) groups is 2. The summed E-state index contributed by atoms with van der Waals surface area (Å²) in [5.41, 5.74) is 6.65. The third-order valence-electron chi connectivity index (χ3n) is 2.54. The van der Waals surface area contributed by atoms with Crippen molar-refractivity contribution in [3.05, 3.63) is 28.2 Å². The van der Waals surface area contributed by atoms with E-state index in [1.165, 1.54) is 4.90 Å². The van der Waals surface area contributed by atoms with E-state index in [-0.39, 0.29) is 18.2 Å². The highest BCUT2D eigenvalue weighted by Gasteiger charge is 2.15. The van der Waals surface area contributed by atoms with E-state index in [2.05, 4.69) is 21.2 Å². The number of halogens is 1. The largest absolute Gasteiger partial charge is 0.398 e. The molecule has 6 heteroatoms. The van der Waals surface area contributed by atoms with Crippen LogP contribution in [0, 0.1) is 0 Å². The van der Waals surface area contributed by atoms with Gasteiger partial charge in [0.25, 0.3) is 5.91 Å². The number of hydrogen-bond acceptors (Lipinski definition) is 3. The molecule has 3 N–H and O–H groups in total. The van der Waals surface area contributed by atoms with Gasteiger partial charge in [0.2, 0.25) is 5.91 Å². The molecule has 0 aliphatic carbocycles. The van der Waals surface area contributed by atoms with E-state index >= 15 is 0 Å². The summed E-state index contributed by atoms with van der Waals surface area (Å²) < 4.78 is 0.824. The minimum atomic E-state index is -0.191. The van der Waals surface area contributed by atoms with Gasteiger partial charge in [-0.3, -0.25) is 9.59 Å². The number of nitrogens with one attached hydrogen (secondary N) is 1. The van der Waals surface area contributed by atoms with Crippen molar-refractivity contribution >= 4 is 33.4 Å². The van der Waals surface area contributed by atoms with Crippen molar-refractivity contribution in [3.63, 3.8) is 0 Å². The summed E-state index contributed by atoms with van der Waals surface area (Å²) in [5, 5.41) is 2.51. The topological polar surface area (TPSA) is 75.4 Å². The first-order valence-corrected chi connectivity index (χ1v) is 6.26. The average Bonchev–Trinajstić information content (AvgIpc) is 2.34. The molecule has 0 heterocycles. The molecule has 0 unspecified atom stereocenters. The molecular formula is C12H16BrN3O2. The van der Waals surface area contributed by atoms with Crippen molar-refractivity contribution in [2.75, 3.05) is 26.4 Å². The molecule has 98 valence electrons. The summed E-state index contributed by atoms with van der Waals surface area (Å²) in [6, 6.07) is 5.11. The standard InChI is InChI=1S/C12H16BrN3O2/c1-15-11(17)5-6-16(2)12(18)9-4-3-8(13)7-10(9)14/h3-4,7H,5-6,14H2,1-2H3,(H,15,17). The van der Waals surface area contributed by atoms with E-state index in [4.69, 9.17) is 5.73 Å². The summed E-state index contributed by atoms with van der Waals surface area (Å²) in [7, 11) is 3.21. The fourth-order valence-corrected chi connectivity index (χ4v) is 1.81. The van der Waals surface area contributed by atoms with Gasteiger partial charge in [0.05, 0.1) is 5.56 Å². The van der Waals surface area contributed by atoms with E-state index in [0.717, 1.165) is 4.47 Å². The van der Waals surface area contributed by atoms with E-state index in [0.29, 0.717) is 17.8 Å². The molecule has 18 heavy (non-hydrogen) atoms. The highest BCUT2D eigenvalue weighted by molar-refractivity contribution is 9.10. The van der Waals surface area contributed by atoms with Crippen LogP contribution in [0.5, 0.6) is 0 Å². The smallest absolute Gasteiger partial charge is 0.255 e. The maximum atomic E-state index is 12.1. The second-order valence-corrected chi connectivity index (χ2v) is 4.80. The molecule has 0 radical (unpaired) electrons. The number of nitrogens with two attached hydrogens (primary N) is 1. The Labute approximate surface area is 114 Å². The van der Waals surface area contributed by atoms with Crippen molar-refractivity contribution in [3.8, 4) is 0 Å². The lowest BCUT2D eigenvalue weighted by Crippen LogP contribution is -2.31. The Bertz CT molecular complexity index is 463. The van der Waals surface area contributed by atoms with Crippen LogP contribution < -0.4 is 11.1 Å². The van der Waals surface area contributed by atoms with Crippen LogP contribution >= 0.6 is 15.9 Å². The molecule has 0 aliphatic rings. The summed E-state index contributed by atoms with van der Waals surface area (Å²) >= 11 is 3.28. The number of carbonyl (C=O) groups excluding carboxylic acids is 2. The molecule has 0 bridgehead atoms. The van der Waals surface area contributed by atoms with E-state index < -0.39 is 0 Å². The normalized spacial score (nSPS) is 9.94. The fourth-order valence-electron chi connectivity index (χ4n) is 1.43. The zero-order valence-corrected chi connectivity index (χ0v) is 12.0. The zero-order valence-electron chi connectivity index (χ0n) is 10.4. The van der Waals surface area contributed by atoms with E-state index in [1.807, 2.05) is 0 Å². The Morgan fingerprint density at radius 1 is 1.44 bits per heavy atom. The summed E-state index contributed by atoms with van der Waals surface area (Å²) in [6.45, 7) is 0.355. The third-order valence-corrected chi connectivity index (χ3v) is 3.04. The molecule has 0 saturated heterocycles. The molecular weight excluding hydrogens is 298 g/mol. The van der Waals surface area contributed by atoms with Crippen LogP contribution in [0.2, 0.25) is 0 Å². The molecule has 0 atom stereocenters. The minimum absolute atomic E-state index is 0.0987. The zero-order chi connectivity index (χ0) is 13.7. The Balaban J connectivity index is 2.71. The molecule has 5 nitrogen and oxygen atoms in total. The van der Waals surface area contributed by atoms with Crippen molar-refractivity contribution in [2.24, 2.45) is 0 Å². The number of amides is 2. The molecule has 1 aromatic rings. The van der Waals surface area contributed by atoms with Gasteiger partial charge in [0.15, 0.2) is 0 Å². The van der Waals surface area contributed by atoms with Crippen molar-refractivity contribution in [1.82, 2.24) is 10.2 Å². The predicted octanol–water partition coefficient (Wildman–Crippen LogP) is 1.24. The Hall–Kier alpha value is -1.56. The molecule has 1 rings (SSSR count). The molecule has 1 aromatic carbocycles. The van der Waals surface area contributed by atoms with Gasteiger partial charge in [-0.1, -0.05) is 15.9 Å². The van der Waals surface area contributed by atoms with Gasteiger partial charge in [-0.15, -0.1) is 0 Å². The second-order valence-electron chi connectivity index (χ2n) is 3.88. The molecule has 0 saturated carbocycles. The van der Waals surface area contributed by atoms with E-state index in [1.54, 1.807) is 32.3 Å². The van der Waals surface area contributed by atoms with Crippen LogP contribution in [-0.4, -0.2) is 37.4 Å². The van der Waals surface area contributed by atoms with Crippen LogP contribution in [-0.2, 0) is 4.79 Å². The quantitative estimate of drug-likeness (QED) is 0.821. The lowest BCUT2D eigenvalue weighted by molar-refractivity contribution is -0.120. The van der Waals surface area contributed by atoms with Crippen LogP contribution in [0.4, 0.5) is 5.69 Å². The number of rotatable bonds is 4. The Kier molecular flexibility index (Phi) is 5.15. The Morgan fingerprint density at radius 3 is 2.67 bits per heavy atom. The lowest BCUT2D eigenvalue weighted by atomic mass is 10.1. The van der Waals surface area contributed by atoms with E-state index in [9.17, 15) is 9.59 Å². The summed E-state index contributed by atoms with van der Waals surface area (Å²) in [4.78, 5) is 24.7. The maximum Gasteiger partial charge on any atom is 0.255 e. The first-order valence-electron chi connectivity index (χ1n) is 5.46. The van der Waals surface area contributed by atoms with Gasteiger partial charge in [-0.25, -0.2) is 0 Å². The van der Waals surface area contributed by atoms with Gasteiger partial charge in [0.1, 0.15) is 0 Å². The van der Waals surface area contributed by atoms with Crippen LogP contribution in [0.1, 0.15) is 16.8 Å². The highest BCUT2D eigenvalue weighted by atomic mass is 79.9. The molecule has 0 aliphatic heterocycles. The number of benzene rings is 1. The van der Waals surface area contributed by atoms with Gasteiger partial charge in [0, 0.05) is 37.2 Å². The second kappa shape index (κ2) is 6.39. The van der Waals surface area contributed by atoms with Crippen LogP contribution in [0.25, 0.3) is 0 Å². The number of hydrogen-bond donors (Lipinski definition) is 2. The van der Waals surface area contributed by atoms with Gasteiger partial charge in [-0.2, -0.15) is 0 Å². The number of nitrogen functional groups attached to an aromatic ring is 1. The summed E-state index contributed by atoms with van der Waals surface area (Å²) in [5.74, 6) is -0.290. The molecule has 0 spiro atoms. The maximum absolute atomic E-state index is 12.1. The molecule has 0 fully saturated rings. The SMILES string of the molecule is CNC(=O)CCN(C)C(=O)c1ccc(Br)cc1N. The molecule has 0 aromatic heterocycles. The highest BCUT2D eigenvalue weighted by Crippen LogP contribution is 2.19.